The van der Waals surface area contributed by atoms with E-state index >= 15 is 0 Å². The van der Waals surface area contributed by atoms with Gasteiger partial charge in [0.1, 0.15) is 5.82 Å². The first kappa shape index (κ1) is 10.4. The highest BCUT2D eigenvalue weighted by Gasteiger charge is 2.04. The van der Waals surface area contributed by atoms with Gasteiger partial charge in [-0.25, -0.2) is 4.98 Å². The van der Waals surface area contributed by atoms with Crippen molar-refractivity contribution in [1.82, 2.24) is 4.98 Å². The first-order chi connectivity index (χ1) is 6.00. The van der Waals surface area contributed by atoms with Crippen molar-refractivity contribution in [1.29, 1.82) is 0 Å². The zero-order chi connectivity index (χ0) is 10.0. The minimum Gasteiger partial charge on any atom is -0.772 e. The Morgan fingerprint density at radius 1 is 1.77 bits per heavy atom. The Bertz CT molecular complexity index is 357. The van der Waals surface area contributed by atoms with E-state index in [9.17, 15) is 8.76 Å². The summed E-state index contributed by atoms with van der Waals surface area (Å²) in [5.41, 5.74) is 6.53. The summed E-state index contributed by atoms with van der Waals surface area (Å²) in [5.74, 6) is 0.0600. The molecule has 0 fully saturated rings. The van der Waals surface area contributed by atoms with Gasteiger partial charge in [-0.3, -0.25) is 4.21 Å². The van der Waals surface area contributed by atoms with Crippen molar-refractivity contribution in [3.8, 4) is 0 Å². The van der Waals surface area contributed by atoms with Crippen LogP contribution in [-0.2, 0) is 16.8 Å². The van der Waals surface area contributed by atoms with Gasteiger partial charge in [-0.05, 0) is 13.0 Å². The Morgan fingerprint density at radius 2 is 2.38 bits per heavy atom. The van der Waals surface area contributed by atoms with E-state index in [1.807, 2.05) is 0 Å². The van der Waals surface area contributed by atoms with E-state index in [1.54, 1.807) is 6.92 Å². The van der Waals surface area contributed by atoms with Crippen molar-refractivity contribution in [3.05, 3.63) is 22.3 Å². The normalized spacial score (nSPS) is 12.8. The van der Waals surface area contributed by atoms with Gasteiger partial charge in [0.05, 0.1) is 10.7 Å². The minimum atomic E-state index is -2.17. The number of pyridine rings is 1. The average Bonchev–Trinajstić information content (AvgIpc) is 1.99. The van der Waals surface area contributed by atoms with Crippen LogP contribution in [0.15, 0.2) is 6.07 Å². The molecule has 0 aromatic carbocycles. The lowest BCUT2D eigenvalue weighted by Gasteiger charge is -2.08. The zero-order valence-electron chi connectivity index (χ0n) is 6.91. The number of nitrogen functional groups attached to an aromatic ring is 1. The monoisotopic (exact) mass is 219 g/mol. The van der Waals surface area contributed by atoms with E-state index < -0.39 is 11.1 Å². The first-order valence-corrected chi connectivity index (χ1v) is 5.10. The van der Waals surface area contributed by atoms with Gasteiger partial charge in [-0.2, -0.15) is 0 Å². The summed E-state index contributed by atoms with van der Waals surface area (Å²) >= 11 is 3.58. The molecule has 72 valence electrons. The van der Waals surface area contributed by atoms with Crippen molar-refractivity contribution < 1.29 is 8.76 Å². The summed E-state index contributed by atoms with van der Waals surface area (Å²) in [5, 5.41) is 0.426. The van der Waals surface area contributed by atoms with Crippen molar-refractivity contribution in [3.63, 3.8) is 0 Å². The summed E-state index contributed by atoms with van der Waals surface area (Å²) in [4.78, 5) is 3.90. The van der Waals surface area contributed by atoms with Crippen molar-refractivity contribution >= 4 is 28.5 Å². The smallest absolute Gasteiger partial charge is 0.127 e. The molecule has 0 amide bonds. The molecule has 4 nitrogen and oxygen atoms in total. The second-order valence-corrected chi connectivity index (χ2v) is 3.85. The fourth-order valence-corrected chi connectivity index (χ4v) is 1.54. The maximum absolute atomic E-state index is 10.4. The summed E-state index contributed by atoms with van der Waals surface area (Å²) in [6.45, 7) is 1.70. The molecule has 1 aromatic heterocycles. The van der Waals surface area contributed by atoms with E-state index in [1.165, 1.54) is 6.07 Å². The number of nitrogens with two attached hydrogens (primary N) is 1. The topological polar surface area (TPSA) is 79.0 Å². The van der Waals surface area contributed by atoms with E-state index in [-0.39, 0.29) is 11.6 Å². The highest BCUT2D eigenvalue weighted by atomic mass is 35.5. The van der Waals surface area contributed by atoms with E-state index in [4.69, 9.17) is 17.3 Å². The predicted octanol–water partition coefficient (Wildman–Crippen LogP) is 1.00. The van der Waals surface area contributed by atoms with Gasteiger partial charge in [-0.1, -0.05) is 22.7 Å². The molecule has 1 heterocycles. The molecule has 2 N–H and O–H groups in total. The highest BCUT2D eigenvalue weighted by molar-refractivity contribution is 7.78. The van der Waals surface area contributed by atoms with Crippen LogP contribution in [0, 0.1) is 6.92 Å². The molecule has 1 unspecified atom stereocenters. The van der Waals surface area contributed by atoms with E-state index in [2.05, 4.69) is 4.98 Å². The molecule has 0 aliphatic heterocycles. The average molecular weight is 220 g/mol. The third kappa shape index (κ3) is 2.65. The maximum atomic E-state index is 10.4. The quantitative estimate of drug-likeness (QED) is 0.753. The van der Waals surface area contributed by atoms with Gasteiger partial charge in [-0.15, -0.1) is 0 Å². The van der Waals surface area contributed by atoms with Gasteiger partial charge in [0.25, 0.3) is 0 Å². The fourth-order valence-electron chi connectivity index (χ4n) is 0.880. The van der Waals surface area contributed by atoms with Crippen LogP contribution in [0.5, 0.6) is 0 Å². The number of hydrogen-bond donors (Lipinski definition) is 1. The molecule has 0 spiro atoms. The molecule has 1 rings (SSSR count). The Balaban J connectivity index is 3.08. The van der Waals surface area contributed by atoms with Crippen molar-refractivity contribution in [2.45, 2.75) is 12.7 Å². The molecule has 0 bridgehead atoms. The van der Waals surface area contributed by atoms with Crippen LogP contribution in [0.3, 0.4) is 0 Å². The number of anilines is 1. The van der Waals surface area contributed by atoms with Crippen molar-refractivity contribution in [2.75, 3.05) is 5.73 Å². The van der Waals surface area contributed by atoms with Crippen LogP contribution >= 0.6 is 11.6 Å². The molecular weight excluding hydrogens is 212 g/mol. The molecule has 6 heteroatoms. The van der Waals surface area contributed by atoms with Crippen LogP contribution < -0.4 is 5.73 Å². The molecule has 0 radical (unpaired) electrons. The molecular formula is C7H8ClN2O2S-. The number of aromatic nitrogens is 1. The number of aryl methyl sites for hydroxylation is 1. The summed E-state index contributed by atoms with van der Waals surface area (Å²) < 4.78 is 20.8. The minimum absolute atomic E-state index is 0.154. The number of nitrogens with zero attached hydrogens (tertiary/aromatic N) is 1. The molecule has 0 saturated carbocycles. The summed E-state index contributed by atoms with van der Waals surface area (Å²) in [6, 6.07) is 1.52. The lowest BCUT2D eigenvalue weighted by Crippen LogP contribution is -2.02. The van der Waals surface area contributed by atoms with Crippen LogP contribution in [0.4, 0.5) is 5.82 Å². The molecule has 0 saturated heterocycles. The molecule has 0 aliphatic rings. The molecule has 1 atom stereocenters. The number of halogens is 1. The highest BCUT2D eigenvalue weighted by Crippen LogP contribution is 2.19. The second-order valence-electron chi connectivity index (χ2n) is 2.55. The van der Waals surface area contributed by atoms with Gasteiger partial charge < -0.3 is 10.3 Å². The standard InChI is InChI=1S/C7H9ClN2O2S/c1-4-6(8)2-5(3-13(11)12)7(9)10-4/h2H,3H2,1H3,(H2,9,10)(H,11,12)/p-1. The maximum Gasteiger partial charge on any atom is 0.127 e. The van der Waals surface area contributed by atoms with Gasteiger partial charge >= 0.3 is 0 Å². The molecule has 0 aliphatic carbocycles. The third-order valence-corrected chi connectivity index (χ3v) is 2.47. The largest absolute Gasteiger partial charge is 0.772 e. The second kappa shape index (κ2) is 4.04. The molecule has 1 aromatic rings. The Labute approximate surface area is 83.4 Å². The Hall–Kier alpha value is -0.650. The zero-order valence-corrected chi connectivity index (χ0v) is 8.48. The first-order valence-electron chi connectivity index (χ1n) is 3.48. The fraction of sp³-hybridized carbons (Fsp3) is 0.286. The van der Waals surface area contributed by atoms with Crippen LogP contribution in [0.25, 0.3) is 0 Å². The Kier molecular flexibility index (Phi) is 3.24. The van der Waals surface area contributed by atoms with Gasteiger partial charge in [0, 0.05) is 11.3 Å². The van der Waals surface area contributed by atoms with Gasteiger partial charge in [0.15, 0.2) is 0 Å². The molecule has 13 heavy (non-hydrogen) atoms. The predicted molar refractivity (Wildman–Crippen MR) is 51.0 cm³/mol. The summed E-state index contributed by atoms with van der Waals surface area (Å²) in [7, 11) is 0. The third-order valence-electron chi connectivity index (χ3n) is 1.54. The van der Waals surface area contributed by atoms with Gasteiger partial charge in [0.2, 0.25) is 0 Å². The van der Waals surface area contributed by atoms with Crippen LogP contribution in [0.1, 0.15) is 11.3 Å². The lowest BCUT2D eigenvalue weighted by atomic mass is 10.2. The van der Waals surface area contributed by atoms with Crippen LogP contribution in [-0.4, -0.2) is 13.7 Å². The number of hydrogen-bond acceptors (Lipinski definition) is 4. The number of rotatable bonds is 2. The summed E-state index contributed by atoms with van der Waals surface area (Å²) in [6.07, 6.45) is 0. The van der Waals surface area contributed by atoms with E-state index in [0.717, 1.165) is 0 Å². The Morgan fingerprint density at radius 3 is 2.92 bits per heavy atom. The van der Waals surface area contributed by atoms with E-state index in [0.29, 0.717) is 16.3 Å². The van der Waals surface area contributed by atoms with Crippen LogP contribution in [0.2, 0.25) is 5.02 Å². The lowest BCUT2D eigenvalue weighted by molar-refractivity contribution is 0.536. The SMILES string of the molecule is Cc1nc(N)c(CS(=O)[O-])cc1Cl. The van der Waals surface area contributed by atoms with Crippen molar-refractivity contribution in [2.24, 2.45) is 0 Å².